The van der Waals surface area contributed by atoms with Crippen LogP contribution in [0.15, 0.2) is 18.2 Å². The highest BCUT2D eigenvalue weighted by Gasteiger charge is 2.31. The van der Waals surface area contributed by atoms with Gasteiger partial charge in [0.15, 0.2) is 0 Å². The Labute approximate surface area is 105 Å². The lowest BCUT2D eigenvalue weighted by atomic mass is 10.1. The lowest BCUT2D eigenvalue weighted by Gasteiger charge is -2.18. The predicted octanol–water partition coefficient (Wildman–Crippen LogP) is 1.25. The number of benzene rings is 1. The van der Waals surface area contributed by atoms with Gasteiger partial charge in [0.2, 0.25) is 0 Å². The summed E-state index contributed by atoms with van der Waals surface area (Å²) in [5, 5.41) is 20.1. The summed E-state index contributed by atoms with van der Waals surface area (Å²) in [5.41, 5.74) is 6.38. The summed E-state index contributed by atoms with van der Waals surface area (Å²) in [6, 6.07) is 6.67. The van der Waals surface area contributed by atoms with Gasteiger partial charge in [0.25, 0.3) is 0 Å². The van der Waals surface area contributed by atoms with Gasteiger partial charge in [0.05, 0.1) is 4.92 Å². The van der Waals surface area contributed by atoms with Crippen LogP contribution in [0.2, 0.25) is 0 Å². The molecule has 2 unspecified atom stereocenters. The minimum Gasteiger partial charge on any atom is -0.364 e. The van der Waals surface area contributed by atoms with Crippen LogP contribution in [-0.2, 0) is 0 Å². The maximum absolute atomic E-state index is 11.1. The van der Waals surface area contributed by atoms with Gasteiger partial charge in [-0.05, 0) is 18.1 Å². The molecule has 1 aromatic rings. The quantitative estimate of drug-likeness (QED) is 0.625. The van der Waals surface area contributed by atoms with Gasteiger partial charge >= 0.3 is 5.69 Å². The zero-order chi connectivity index (χ0) is 13.3. The van der Waals surface area contributed by atoms with Crippen molar-refractivity contribution in [2.75, 3.05) is 18.0 Å². The largest absolute Gasteiger partial charge is 0.364 e. The van der Waals surface area contributed by atoms with Crippen LogP contribution in [0.25, 0.3) is 0 Å². The van der Waals surface area contributed by atoms with E-state index in [2.05, 4.69) is 0 Å². The predicted molar refractivity (Wildman–Crippen MR) is 67.2 cm³/mol. The first-order valence-electron chi connectivity index (χ1n) is 5.72. The smallest absolute Gasteiger partial charge is 0.310 e. The molecule has 0 aromatic heterocycles. The number of nitrogens with two attached hydrogens (primary N) is 1. The van der Waals surface area contributed by atoms with E-state index in [0.717, 1.165) is 0 Å². The van der Waals surface area contributed by atoms with Crippen molar-refractivity contribution >= 4 is 11.4 Å². The topological polar surface area (TPSA) is 96.2 Å². The van der Waals surface area contributed by atoms with Gasteiger partial charge in [-0.3, -0.25) is 10.1 Å². The molecule has 0 bridgehead atoms. The number of nitro groups is 1. The van der Waals surface area contributed by atoms with Crippen molar-refractivity contribution in [3.05, 3.63) is 33.9 Å². The normalized spacial score (nSPS) is 22.8. The number of nitro benzene ring substituents is 1. The monoisotopic (exact) mass is 246 g/mol. The summed E-state index contributed by atoms with van der Waals surface area (Å²) in [7, 11) is 0. The average molecular weight is 246 g/mol. The minimum absolute atomic E-state index is 0.00958. The van der Waals surface area contributed by atoms with Gasteiger partial charge < -0.3 is 10.6 Å². The van der Waals surface area contributed by atoms with Gasteiger partial charge in [0, 0.05) is 19.1 Å². The molecule has 0 saturated carbocycles. The molecule has 0 spiro atoms. The SMILES string of the molecule is CC1CN(c2cccc(C#N)c2[N+](=O)[O-])CC1N. The summed E-state index contributed by atoms with van der Waals surface area (Å²) in [6.45, 7) is 3.28. The van der Waals surface area contributed by atoms with Crippen molar-refractivity contribution in [1.29, 1.82) is 5.26 Å². The van der Waals surface area contributed by atoms with E-state index in [-0.39, 0.29) is 23.2 Å². The van der Waals surface area contributed by atoms with E-state index in [4.69, 9.17) is 11.0 Å². The zero-order valence-electron chi connectivity index (χ0n) is 10.0. The summed E-state index contributed by atoms with van der Waals surface area (Å²) in [5.74, 6) is 0.287. The fourth-order valence-electron chi connectivity index (χ4n) is 2.26. The molecule has 1 aliphatic rings. The van der Waals surface area contributed by atoms with Crippen LogP contribution in [0.4, 0.5) is 11.4 Å². The summed E-state index contributed by atoms with van der Waals surface area (Å²) in [4.78, 5) is 12.5. The second-order valence-electron chi connectivity index (χ2n) is 4.59. The second-order valence-corrected chi connectivity index (χ2v) is 4.59. The molecule has 1 aromatic carbocycles. The van der Waals surface area contributed by atoms with E-state index >= 15 is 0 Å². The molecule has 1 heterocycles. The molecule has 18 heavy (non-hydrogen) atoms. The Morgan fingerprint density at radius 1 is 1.56 bits per heavy atom. The van der Waals surface area contributed by atoms with Gasteiger partial charge in [-0.1, -0.05) is 13.0 Å². The summed E-state index contributed by atoms with van der Waals surface area (Å²) in [6.07, 6.45) is 0. The lowest BCUT2D eigenvalue weighted by molar-refractivity contribution is -0.384. The number of hydrogen-bond acceptors (Lipinski definition) is 5. The number of nitrogens with zero attached hydrogens (tertiary/aromatic N) is 3. The van der Waals surface area contributed by atoms with Crippen LogP contribution < -0.4 is 10.6 Å². The average Bonchev–Trinajstić information content (AvgIpc) is 2.68. The molecule has 0 radical (unpaired) electrons. The van der Waals surface area contributed by atoms with Crippen LogP contribution in [0.1, 0.15) is 12.5 Å². The van der Waals surface area contributed by atoms with Crippen molar-refractivity contribution in [2.24, 2.45) is 11.7 Å². The molecule has 0 aliphatic carbocycles. The number of rotatable bonds is 2. The number of para-hydroxylation sites is 1. The fourth-order valence-corrected chi connectivity index (χ4v) is 2.26. The number of nitriles is 1. The van der Waals surface area contributed by atoms with Crippen molar-refractivity contribution in [3.8, 4) is 6.07 Å². The van der Waals surface area contributed by atoms with E-state index in [1.807, 2.05) is 17.9 Å². The number of hydrogen-bond donors (Lipinski definition) is 1. The standard InChI is InChI=1S/C12H14N4O2/c1-8-6-15(7-10(8)14)11-4-2-3-9(5-13)12(11)16(17)18/h2-4,8,10H,6-7,14H2,1H3. The fraction of sp³-hybridized carbons (Fsp3) is 0.417. The highest BCUT2D eigenvalue weighted by Crippen LogP contribution is 2.34. The van der Waals surface area contributed by atoms with E-state index in [9.17, 15) is 10.1 Å². The van der Waals surface area contributed by atoms with E-state index in [1.54, 1.807) is 12.1 Å². The Morgan fingerprint density at radius 3 is 2.78 bits per heavy atom. The molecule has 2 N–H and O–H groups in total. The first kappa shape index (κ1) is 12.3. The first-order chi connectivity index (χ1) is 8.54. The number of anilines is 1. The Morgan fingerprint density at radius 2 is 2.28 bits per heavy atom. The van der Waals surface area contributed by atoms with Gasteiger partial charge in [0.1, 0.15) is 17.3 Å². The van der Waals surface area contributed by atoms with Crippen molar-refractivity contribution in [1.82, 2.24) is 0 Å². The van der Waals surface area contributed by atoms with Gasteiger partial charge in [-0.25, -0.2) is 0 Å². The molecule has 0 amide bonds. The zero-order valence-corrected chi connectivity index (χ0v) is 10.0. The maximum atomic E-state index is 11.1. The minimum atomic E-state index is -0.498. The molecule has 1 aliphatic heterocycles. The van der Waals surface area contributed by atoms with E-state index < -0.39 is 4.92 Å². The third-order valence-corrected chi connectivity index (χ3v) is 3.33. The van der Waals surface area contributed by atoms with E-state index in [1.165, 1.54) is 6.07 Å². The summed E-state index contributed by atoms with van der Waals surface area (Å²) >= 11 is 0. The van der Waals surface area contributed by atoms with Gasteiger partial charge in [-0.2, -0.15) is 5.26 Å². The highest BCUT2D eigenvalue weighted by molar-refractivity contribution is 5.70. The molecule has 2 atom stereocenters. The molecule has 6 nitrogen and oxygen atoms in total. The van der Waals surface area contributed by atoms with Crippen LogP contribution in [-0.4, -0.2) is 24.1 Å². The maximum Gasteiger partial charge on any atom is 0.310 e. The van der Waals surface area contributed by atoms with Gasteiger partial charge in [-0.15, -0.1) is 0 Å². The highest BCUT2D eigenvalue weighted by atomic mass is 16.6. The van der Waals surface area contributed by atoms with Crippen LogP contribution in [0.3, 0.4) is 0 Å². The Bertz CT molecular complexity index is 513. The molecule has 2 rings (SSSR count). The lowest BCUT2D eigenvalue weighted by Crippen LogP contribution is -2.28. The molecular weight excluding hydrogens is 232 g/mol. The van der Waals surface area contributed by atoms with Crippen molar-refractivity contribution in [3.63, 3.8) is 0 Å². The molecule has 1 fully saturated rings. The van der Waals surface area contributed by atoms with E-state index in [0.29, 0.717) is 18.8 Å². The Balaban J connectivity index is 2.46. The van der Waals surface area contributed by atoms with Crippen molar-refractivity contribution in [2.45, 2.75) is 13.0 Å². The van der Waals surface area contributed by atoms with Crippen LogP contribution >= 0.6 is 0 Å². The summed E-state index contributed by atoms with van der Waals surface area (Å²) < 4.78 is 0. The Hall–Kier alpha value is -2.13. The molecule has 6 heteroatoms. The Kier molecular flexibility index (Phi) is 3.17. The third kappa shape index (κ3) is 2.00. The molecule has 94 valence electrons. The van der Waals surface area contributed by atoms with Crippen molar-refractivity contribution < 1.29 is 4.92 Å². The molecular formula is C12H14N4O2. The van der Waals surface area contributed by atoms with Crippen LogP contribution in [0, 0.1) is 27.4 Å². The second kappa shape index (κ2) is 4.63. The molecule has 1 saturated heterocycles. The third-order valence-electron chi connectivity index (χ3n) is 3.33. The first-order valence-corrected chi connectivity index (χ1v) is 5.72. The van der Waals surface area contributed by atoms with Crippen LogP contribution in [0.5, 0.6) is 0 Å².